The number of hydrogen-bond donors (Lipinski definition) is 1. The summed E-state index contributed by atoms with van der Waals surface area (Å²) in [5.74, 6) is 0.741. The number of ether oxygens (including phenoxy) is 1. The van der Waals surface area contributed by atoms with Crippen LogP contribution in [0.4, 0.5) is 4.79 Å². The van der Waals surface area contributed by atoms with Gasteiger partial charge in [-0.1, -0.05) is 5.16 Å². The Morgan fingerprint density at radius 2 is 1.94 bits per heavy atom. The van der Waals surface area contributed by atoms with Crippen molar-refractivity contribution in [1.29, 1.82) is 0 Å². The Kier molecular flexibility index (Phi) is 5.39. The van der Waals surface area contributed by atoms with Crippen LogP contribution in [0.25, 0.3) is 28.5 Å². The Balaban J connectivity index is 1.40. The van der Waals surface area contributed by atoms with Gasteiger partial charge < -0.3 is 19.1 Å². The van der Waals surface area contributed by atoms with E-state index in [4.69, 9.17) is 9.26 Å². The van der Waals surface area contributed by atoms with Crippen LogP contribution in [0.2, 0.25) is 0 Å². The SMILES string of the molecule is CC(C)(C)OC(=O)N1CCC(c2cc(=O)[nH]c3c(-c4nc(-c5ccncc5)no4)cnn23)CC1. The molecule has 1 aliphatic heterocycles. The molecule has 0 unspecified atom stereocenters. The van der Waals surface area contributed by atoms with Gasteiger partial charge in [0.05, 0.1) is 11.9 Å². The smallest absolute Gasteiger partial charge is 0.410 e. The number of piperidine rings is 1. The molecule has 11 heteroatoms. The number of pyridine rings is 1. The quantitative estimate of drug-likeness (QED) is 0.490. The van der Waals surface area contributed by atoms with Gasteiger partial charge in [0, 0.05) is 43.0 Å². The fraction of sp³-hybridized carbons (Fsp3) is 0.391. The minimum atomic E-state index is -0.537. The van der Waals surface area contributed by atoms with Gasteiger partial charge in [-0.3, -0.25) is 9.78 Å². The number of nitrogens with one attached hydrogen (secondary N) is 1. The third kappa shape index (κ3) is 4.28. The molecule has 4 aromatic rings. The molecule has 4 aromatic heterocycles. The zero-order valence-corrected chi connectivity index (χ0v) is 19.2. The number of nitrogens with zero attached hydrogens (tertiary/aromatic N) is 6. The Hall–Kier alpha value is -4.02. The second-order valence-electron chi connectivity index (χ2n) is 9.28. The van der Waals surface area contributed by atoms with Crippen LogP contribution in [0.1, 0.15) is 45.2 Å². The number of likely N-dealkylation sites (tertiary alicyclic amines) is 1. The van der Waals surface area contributed by atoms with E-state index in [1.807, 2.05) is 20.8 Å². The summed E-state index contributed by atoms with van der Waals surface area (Å²) < 4.78 is 12.7. The molecule has 5 heterocycles. The second-order valence-corrected chi connectivity index (χ2v) is 9.28. The van der Waals surface area contributed by atoms with Crippen molar-refractivity contribution < 1.29 is 14.1 Å². The van der Waals surface area contributed by atoms with E-state index in [-0.39, 0.29) is 23.5 Å². The van der Waals surface area contributed by atoms with Crippen LogP contribution in [0.5, 0.6) is 0 Å². The van der Waals surface area contributed by atoms with Crippen LogP contribution in [-0.2, 0) is 4.74 Å². The average molecular weight is 463 g/mol. The lowest BCUT2D eigenvalue weighted by Gasteiger charge is -2.33. The Morgan fingerprint density at radius 3 is 2.65 bits per heavy atom. The zero-order valence-electron chi connectivity index (χ0n) is 19.2. The van der Waals surface area contributed by atoms with Crippen molar-refractivity contribution in [3.05, 3.63) is 52.8 Å². The maximum absolute atomic E-state index is 12.5. The molecule has 0 bridgehead atoms. The normalized spacial score (nSPS) is 15.1. The maximum Gasteiger partial charge on any atom is 0.410 e. The van der Waals surface area contributed by atoms with Gasteiger partial charge in [0.1, 0.15) is 16.8 Å². The molecule has 0 saturated carbocycles. The summed E-state index contributed by atoms with van der Waals surface area (Å²) in [6.07, 6.45) is 5.98. The molecule has 1 saturated heterocycles. The van der Waals surface area contributed by atoms with Crippen LogP contribution in [0, 0.1) is 0 Å². The molecule has 0 atom stereocenters. The first-order valence-corrected chi connectivity index (χ1v) is 11.1. The highest BCUT2D eigenvalue weighted by Gasteiger charge is 2.29. The topological polar surface area (TPSA) is 132 Å². The van der Waals surface area contributed by atoms with Crippen molar-refractivity contribution in [3.8, 4) is 22.8 Å². The van der Waals surface area contributed by atoms with Gasteiger partial charge in [0.25, 0.3) is 11.4 Å². The number of rotatable bonds is 3. The monoisotopic (exact) mass is 463 g/mol. The van der Waals surface area contributed by atoms with Crippen LogP contribution in [0.15, 0.2) is 46.1 Å². The molecule has 1 aliphatic rings. The molecular weight excluding hydrogens is 438 g/mol. The van der Waals surface area contributed by atoms with Gasteiger partial charge in [-0.2, -0.15) is 10.1 Å². The molecule has 0 radical (unpaired) electrons. The molecule has 1 fully saturated rings. The van der Waals surface area contributed by atoms with Crippen LogP contribution >= 0.6 is 0 Å². The van der Waals surface area contributed by atoms with Gasteiger partial charge in [-0.25, -0.2) is 9.31 Å². The number of aromatic nitrogens is 6. The lowest BCUT2D eigenvalue weighted by atomic mass is 9.93. The Labute approximate surface area is 194 Å². The second kappa shape index (κ2) is 8.40. The zero-order chi connectivity index (χ0) is 23.9. The molecule has 0 spiro atoms. The third-order valence-electron chi connectivity index (χ3n) is 5.69. The first-order chi connectivity index (χ1) is 16.3. The fourth-order valence-electron chi connectivity index (χ4n) is 4.10. The fourth-order valence-corrected chi connectivity index (χ4v) is 4.10. The van der Waals surface area contributed by atoms with E-state index < -0.39 is 5.60 Å². The molecule has 34 heavy (non-hydrogen) atoms. The Bertz CT molecular complexity index is 1380. The molecular formula is C23H25N7O4. The predicted octanol–water partition coefficient (Wildman–Crippen LogP) is 3.25. The summed E-state index contributed by atoms with van der Waals surface area (Å²) >= 11 is 0. The van der Waals surface area contributed by atoms with Crippen LogP contribution in [-0.4, -0.2) is 59.4 Å². The Morgan fingerprint density at radius 1 is 1.21 bits per heavy atom. The van der Waals surface area contributed by atoms with Crippen molar-refractivity contribution in [2.75, 3.05) is 13.1 Å². The van der Waals surface area contributed by atoms with Crippen LogP contribution < -0.4 is 5.56 Å². The van der Waals surface area contributed by atoms with E-state index in [1.165, 1.54) is 0 Å². The lowest BCUT2D eigenvalue weighted by molar-refractivity contribution is 0.0203. The van der Waals surface area contributed by atoms with Gasteiger partial charge in [0.15, 0.2) is 0 Å². The summed E-state index contributed by atoms with van der Waals surface area (Å²) in [6.45, 7) is 6.64. The van der Waals surface area contributed by atoms with Crippen molar-refractivity contribution >= 4 is 11.7 Å². The van der Waals surface area contributed by atoms with Crippen molar-refractivity contribution in [1.82, 2.24) is 34.6 Å². The largest absolute Gasteiger partial charge is 0.444 e. The third-order valence-corrected chi connectivity index (χ3v) is 5.69. The highest BCUT2D eigenvalue weighted by molar-refractivity contribution is 5.72. The number of carbonyl (C=O) groups excluding carboxylic acids is 1. The van der Waals surface area contributed by atoms with E-state index in [2.05, 4.69) is 25.2 Å². The molecule has 5 rings (SSSR count). The lowest BCUT2D eigenvalue weighted by Crippen LogP contribution is -2.41. The van der Waals surface area contributed by atoms with Gasteiger partial charge in [-0.15, -0.1) is 0 Å². The number of H-pyrrole nitrogens is 1. The highest BCUT2D eigenvalue weighted by atomic mass is 16.6. The average Bonchev–Trinajstić information content (AvgIpc) is 3.45. The van der Waals surface area contributed by atoms with E-state index in [0.29, 0.717) is 43.0 Å². The molecule has 176 valence electrons. The number of fused-ring (bicyclic) bond motifs is 1. The van der Waals surface area contributed by atoms with E-state index in [9.17, 15) is 9.59 Å². The van der Waals surface area contributed by atoms with Crippen molar-refractivity contribution in [2.24, 2.45) is 0 Å². The first-order valence-electron chi connectivity index (χ1n) is 11.1. The molecule has 0 aromatic carbocycles. The van der Waals surface area contributed by atoms with E-state index >= 15 is 0 Å². The summed E-state index contributed by atoms with van der Waals surface area (Å²) in [5.41, 5.74) is 1.80. The van der Waals surface area contributed by atoms with Crippen LogP contribution in [0.3, 0.4) is 0 Å². The maximum atomic E-state index is 12.5. The number of hydrogen-bond acceptors (Lipinski definition) is 8. The molecule has 1 amide bonds. The van der Waals surface area contributed by atoms with Gasteiger partial charge >= 0.3 is 6.09 Å². The predicted molar refractivity (Wildman–Crippen MR) is 122 cm³/mol. The minimum absolute atomic E-state index is 0.0614. The summed E-state index contributed by atoms with van der Waals surface area (Å²) in [5, 5.41) is 8.54. The molecule has 1 N–H and O–H groups in total. The molecule has 11 nitrogen and oxygen atoms in total. The van der Waals surface area contributed by atoms with Gasteiger partial charge in [0.2, 0.25) is 5.82 Å². The van der Waals surface area contributed by atoms with E-state index in [0.717, 1.165) is 11.3 Å². The summed E-state index contributed by atoms with van der Waals surface area (Å²) in [6, 6.07) is 5.14. The number of carbonyl (C=O) groups is 1. The van der Waals surface area contributed by atoms with Gasteiger partial charge in [-0.05, 0) is 45.7 Å². The summed E-state index contributed by atoms with van der Waals surface area (Å²) in [4.78, 5) is 37.9. The molecule has 0 aliphatic carbocycles. The number of aromatic amines is 1. The standard InChI is InChI=1S/C23H25N7O4/c1-23(2,3)33-22(32)29-10-6-14(7-11-29)17-12-18(31)26-20-16(13-25-30(17)20)21-27-19(28-34-21)15-4-8-24-9-5-15/h4-5,8-9,12-14H,6-7,10-11H2,1-3H3,(H,26,31). The van der Waals surface area contributed by atoms with E-state index in [1.54, 1.807) is 46.2 Å². The van der Waals surface area contributed by atoms with Crippen molar-refractivity contribution in [2.45, 2.75) is 45.1 Å². The van der Waals surface area contributed by atoms with Crippen molar-refractivity contribution in [3.63, 3.8) is 0 Å². The minimum Gasteiger partial charge on any atom is -0.444 e. The first kappa shape index (κ1) is 21.8. The number of amides is 1. The summed E-state index contributed by atoms with van der Waals surface area (Å²) in [7, 11) is 0. The highest BCUT2D eigenvalue weighted by Crippen LogP contribution is 2.30.